The molecule has 3 aromatic rings. The molecule has 0 aliphatic carbocycles. The van der Waals surface area contributed by atoms with E-state index in [1.54, 1.807) is 12.4 Å². The number of ether oxygens (including phenoxy) is 1. The summed E-state index contributed by atoms with van der Waals surface area (Å²) < 4.78 is 5.80. The molecule has 7 nitrogen and oxygen atoms in total. The molecule has 0 atom stereocenters. The first kappa shape index (κ1) is 15.4. The van der Waals surface area contributed by atoms with Gasteiger partial charge in [-0.1, -0.05) is 12.1 Å². The van der Waals surface area contributed by atoms with Gasteiger partial charge in [0.2, 0.25) is 5.95 Å². The lowest BCUT2D eigenvalue weighted by Gasteiger charge is -2.31. The zero-order valence-electron chi connectivity index (χ0n) is 13.9. The van der Waals surface area contributed by atoms with Gasteiger partial charge < -0.3 is 15.4 Å². The van der Waals surface area contributed by atoms with Crippen molar-refractivity contribution in [2.45, 2.75) is 11.3 Å². The van der Waals surface area contributed by atoms with E-state index >= 15 is 0 Å². The Balaban J connectivity index is 1.66. The van der Waals surface area contributed by atoms with Crippen LogP contribution in [0, 0.1) is 0 Å². The van der Waals surface area contributed by atoms with E-state index in [1.807, 2.05) is 30.0 Å². The smallest absolute Gasteiger partial charge is 0.219 e. The molecule has 0 saturated heterocycles. The Labute approximate surface area is 154 Å². The third kappa shape index (κ3) is 2.53. The number of rotatable bonds is 2. The van der Waals surface area contributed by atoms with Crippen LogP contribution < -0.4 is 15.4 Å². The molecule has 2 N–H and O–H groups in total. The van der Waals surface area contributed by atoms with Gasteiger partial charge in [0.15, 0.2) is 11.6 Å². The molecule has 2 aliphatic heterocycles. The van der Waals surface area contributed by atoms with Crippen LogP contribution in [-0.2, 0) is 6.42 Å². The van der Waals surface area contributed by atoms with Crippen LogP contribution in [0.3, 0.4) is 0 Å². The number of thioether (sulfide) groups is 1. The van der Waals surface area contributed by atoms with E-state index < -0.39 is 0 Å². The summed E-state index contributed by atoms with van der Waals surface area (Å²) in [6.07, 6.45) is 4.27. The van der Waals surface area contributed by atoms with Crippen molar-refractivity contribution >= 4 is 29.2 Å². The van der Waals surface area contributed by atoms with Crippen LogP contribution in [0.25, 0.3) is 11.4 Å². The Kier molecular flexibility index (Phi) is 3.63. The van der Waals surface area contributed by atoms with Crippen molar-refractivity contribution in [1.82, 2.24) is 19.9 Å². The Bertz CT molecular complexity index is 978. The third-order valence-electron chi connectivity index (χ3n) is 4.42. The van der Waals surface area contributed by atoms with Crippen molar-refractivity contribution in [1.29, 1.82) is 0 Å². The van der Waals surface area contributed by atoms with Gasteiger partial charge in [0.05, 0.1) is 28.4 Å². The maximum absolute atomic E-state index is 5.80. The van der Waals surface area contributed by atoms with Gasteiger partial charge in [0.25, 0.3) is 0 Å². The number of nitrogen functional groups attached to an aromatic ring is 1. The minimum absolute atomic E-state index is 0.243. The standard InChI is InChI=1S/C18H16N6OS/c19-18-20-9-11(10-21-18)16-22-12-5-8-26-15(12)17(23-16)24-6-7-25-14-4-2-1-3-13(14)24/h1-4,9-10H,5-8H2,(H2,19,20,21). The number of anilines is 3. The van der Waals surface area contributed by atoms with Gasteiger partial charge in [-0.25, -0.2) is 19.9 Å². The monoisotopic (exact) mass is 364 g/mol. The van der Waals surface area contributed by atoms with E-state index in [2.05, 4.69) is 20.9 Å². The molecule has 0 saturated carbocycles. The van der Waals surface area contributed by atoms with E-state index in [-0.39, 0.29) is 5.95 Å². The van der Waals surface area contributed by atoms with E-state index in [4.69, 9.17) is 20.4 Å². The van der Waals surface area contributed by atoms with Gasteiger partial charge >= 0.3 is 0 Å². The molecule has 0 unspecified atom stereocenters. The Hall–Kier alpha value is -2.87. The molecule has 1 aromatic carbocycles. The number of hydrogen-bond acceptors (Lipinski definition) is 8. The van der Waals surface area contributed by atoms with Crippen molar-refractivity contribution in [2.24, 2.45) is 0 Å². The van der Waals surface area contributed by atoms with Gasteiger partial charge in [-0.3, -0.25) is 0 Å². The van der Waals surface area contributed by atoms with Crippen molar-refractivity contribution in [3.05, 3.63) is 42.4 Å². The minimum Gasteiger partial charge on any atom is -0.490 e. The van der Waals surface area contributed by atoms with Gasteiger partial charge in [0, 0.05) is 24.6 Å². The van der Waals surface area contributed by atoms with Crippen molar-refractivity contribution in [2.75, 3.05) is 29.5 Å². The SMILES string of the molecule is Nc1ncc(-c2nc3c(c(N4CCOc5ccccc54)n2)SCC3)cn1. The van der Waals surface area contributed by atoms with Crippen LogP contribution >= 0.6 is 11.8 Å². The highest BCUT2D eigenvalue weighted by molar-refractivity contribution is 7.99. The van der Waals surface area contributed by atoms with Crippen LogP contribution in [0.1, 0.15) is 5.69 Å². The Morgan fingerprint density at radius 3 is 2.85 bits per heavy atom. The lowest BCUT2D eigenvalue weighted by atomic mass is 10.2. The molecule has 5 rings (SSSR count). The quantitative estimate of drug-likeness (QED) is 0.742. The lowest BCUT2D eigenvalue weighted by Crippen LogP contribution is -2.30. The van der Waals surface area contributed by atoms with Crippen LogP contribution in [0.15, 0.2) is 41.6 Å². The average molecular weight is 364 g/mol. The Morgan fingerprint density at radius 2 is 1.96 bits per heavy atom. The molecule has 2 aromatic heterocycles. The number of para-hydroxylation sites is 2. The second kappa shape index (κ2) is 6.14. The number of nitrogens with zero attached hydrogens (tertiary/aromatic N) is 5. The van der Waals surface area contributed by atoms with Gasteiger partial charge in [-0.2, -0.15) is 0 Å². The molecule has 0 amide bonds. The third-order valence-corrected chi connectivity index (χ3v) is 5.53. The predicted octanol–water partition coefficient (Wildman–Crippen LogP) is 2.69. The van der Waals surface area contributed by atoms with Crippen molar-refractivity contribution in [3.8, 4) is 17.1 Å². The summed E-state index contributed by atoms with van der Waals surface area (Å²) in [6.45, 7) is 1.37. The van der Waals surface area contributed by atoms with Crippen molar-refractivity contribution < 1.29 is 4.74 Å². The molecule has 130 valence electrons. The first-order valence-electron chi connectivity index (χ1n) is 8.40. The lowest BCUT2D eigenvalue weighted by molar-refractivity contribution is 0.313. The number of hydrogen-bond donors (Lipinski definition) is 1. The van der Waals surface area contributed by atoms with Gasteiger partial charge in [-0.05, 0) is 12.1 Å². The van der Waals surface area contributed by atoms with Gasteiger partial charge in [-0.15, -0.1) is 11.8 Å². The van der Waals surface area contributed by atoms with Crippen LogP contribution in [0.4, 0.5) is 17.5 Å². The summed E-state index contributed by atoms with van der Waals surface area (Å²) in [4.78, 5) is 21.2. The molecule has 0 bridgehead atoms. The number of aryl methyl sites for hydroxylation is 1. The molecular formula is C18H16N6OS. The highest BCUT2D eigenvalue weighted by Gasteiger charge is 2.28. The van der Waals surface area contributed by atoms with Crippen molar-refractivity contribution in [3.63, 3.8) is 0 Å². The molecule has 0 radical (unpaired) electrons. The predicted molar refractivity (Wildman–Crippen MR) is 101 cm³/mol. The molecule has 26 heavy (non-hydrogen) atoms. The Morgan fingerprint density at radius 1 is 1.12 bits per heavy atom. The average Bonchev–Trinajstić information content (AvgIpc) is 3.16. The summed E-state index contributed by atoms with van der Waals surface area (Å²) in [5.41, 5.74) is 8.49. The summed E-state index contributed by atoms with van der Waals surface area (Å²) in [5, 5.41) is 0. The molecule has 0 fully saturated rings. The van der Waals surface area contributed by atoms with Gasteiger partial charge in [0.1, 0.15) is 12.4 Å². The first-order chi connectivity index (χ1) is 12.8. The molecular weight excluding hydrogens is 348 g/mol. The zero-order valence-corrected chi connectivity index (χ0v) is 14.7. The summed E-state index contributed by atoms with van der Waals surface area (Å²) in [7, 11) is 0. The number of aromatic nitrogens is 4. The van der Waals surface area contributed by atoms with E-state index in [0.29, 0.717) is 12.4 Å². The molecule has 4 heterocycles. The van der Waals surface area contributed by atoms with Crippen LogP contribution in [0.2, 0.25) is 0 Å². The molecule has 0 spiro atoms. The highest BCUT2D eigenvalue weighted by atomic mass is 32.2. The first-order valence-corrected chi connectivity index (χ1v) is 9.39. The fourth-order valence-electron chi connectivity index (χ4n) is 3.21. The zero-order chi connectivity index (χ0) is 17.5. The summed E-state index contributed by atoms with van der Waals surface area (Å²) >= 11 is 1.81. The minimum atomic E-state index is 0.243. The maximum atomic E-state index is 5.80. The largest absolute Gasteiger partial charge is 0.490 e. The summed E-state index contributed by atoms with van der Waals surface area (Å²) in [6, 6.07) is 8.06. The number of nitrogens with two attached hydrogens (primary N) is 1. The van der Waals surface area contributed by atoms with Crippen LogP contribution in [-0.4, -0.2) is 38.8 Å². The second-order valence-corrected chi connectivity index (χ2v) is 7.15. The fourth-order valence-corrected chi connectivity index (χ4v) is 4.30. The van der Waals surface area contributed by atoms with E-state index in [9.17, 15) is 0 Å². The number of benzene rings is 1. The normalized spacial score (nSPS) is 15.3. The molecule has 2 aliphatic rings. The topological polar surface area (TPSA) is 90.0 Å². The van der Waals surface area contributed by atoms with Crippen LogP contribution in [0.5, 0.6) is 5.75 Å². The number of fused-ring (bicyclic) bond motifs is 2. The summed E-state index contributed by atoms with van der Waals surface area (Å²) in [5.74, 6) is 3.70. The maximum Gasteiger partial charge on any atom is 0.219 e. The van der Waals surface area contributed by atoms with E-state index in [0.717, 1.165) is 52.1 Å². The molecule has 8 heteroatoms. The fraction of sp³-hybridized carbons (Fsp3) is 0.222. The highest BCUT2D eigenvalue weighted by Crippen LogP contribution is 2.43. The second-order valence-electron chi connectivity index (χ2n) is 6.04. The van der Waals surface area contributed by atoms with E-state index in [1.165, 1.54) is 0 Å².